The highest BCUT2D eigenvalue weighted by atomic mass is 16.5. The van der Waals surface area contributed by atoms with E-state index in [9.17, 15) is 4.79 Å². The summed E-state index contributed by atoms with van der Waals surface area (Å²) in [5, 5.41) is 6.74. The molecule has 1 aliphatic heterocycles. The number of carbonyl (C=O) groups excluding carboxylic acids is 1. The van der Waals surface area contributed by atoms with Crippen LogP contribution in [0.3, 0.4) is 0 Å². The second-order valence-corrected chi connectivity index (χ2v) is 8.24. The fourth-order valence-electron chi connectivity index (χ4n) is 3.69. The summed E-state index contributed by atoms with van der Waals surface area (Å²) in [7, 11) is 0. The van der Waals surface area contributed by atoms with Crippen LogP contribution < -0.4 is 15.4 Å². The summed E-state index contributed by atoms with van der Waals surface area (Å²) in [6.45, 7) is 10.6. The summed E-state index contributed by atoms with van der Waals surface area (Å²) in [6.07, 6.45) is 2.64. The van der Waals surface area contributed by atoms with E-state index < -0.39 is 0 Å². The van der Waals surface area contributed by atoms with E-state index in [4.69, 9.17) is 9.73 Å². The van der Waals surface area contributed by atoms with E-state index in [0.29, 0.717) is 32.7 Å². The molecular formula is C26H36N4O2. The van der Waals surface area contributed by atoms with E-state index in [-0.39, 0.29) is 5.91 Å². The van der Waals surface area contributed by atoms with Crippen molar-refractivity contribution in [3.05, 3.63) is 64.7 Å². The Labute approximate surface area is 192 Å². The molecule has 0 saturated carbocycles. The van der Waals surface area contributed by atoms with Gasteiger partial charge in [0.05, 0.1) is 13.2 Å². The van der Waals surface area contributed by atoms with Crippen LogP contribution in [0.1, 0.15) is 55.4 Å². The lowest BCUT2D eigenvalue weighted by molar-refractivity contribution is -0.128. The molecule has 1 saturated heterocycles. The Balaban J connectivity index is 1.58. The maximum Gasteiger partial charge on any atom is 0.222 e. The first-order valence-electron chi connectivity index (χ1n) is 11.7. The molecule has 2 aromatic carbocycles. The van der Waals surface area contributed by atoms with Crippen molar-refractivity contribution < 1.29 is 9.53 Å². The zero-order valence-corrected chi connectivity index (χ0v) is 19.6. The van der Waals surface area contributed by atoms with E-state index in [0.717, 1.165) is 54.3 Å². The minimum Gasteiger partial charge on any atom is -0.493 e. The maximum absolute atomic E-state index is 11.8. The van der Waals surface area contributed by atoms with Gasteiger partial charge in [0.15, 0.2) is 5.96 Å². The molecule has 6 nitrogen and oxygen atoms in total. The molecule has 3 rings (SSSR count). The number of nitrogens with one attached hydrogen (secondary N) is 2. The van der Waals surface area contributed by atoms with Crippen LogP contribution in [0.5, 0.6) is 5.75 Å². The molecule has 0 aliphatic carbocycles. The summed E-state index contributed by atoms with van der Waals surface area (Å²) in [6, 6.07) is 14.7. The standard InChI is InChI=1S/C26H36N4O2/c1-4-15-32-24-16-20(3)8-13-23(24)18-29-26(27-5-2)28-17-21-9-11-22(12-10-21)19-30-14-6-7-25(30)31/h8-13,16H,4-7,14-15,17-19H2,1-3H3,(H2,27,28,29). The van der Waals surface area contributed by atoms with E-state index in [2.05, 4.69) is 73.9 Å². The quantitative estimate of drug-likeness (QED) is 0.434. The zero-order valence-electron chi connectivity index (χ0n) is 19.6. The maximum atomic E-state index is 11.8. The molecule has 1 aliphatic rings. The van der Waals surface area contributed by atoms with E-state index in [1.165, 1.54) is 5.56 Å². The van der Waals surface area contributed by atoms with Crippen molar-refractivity contribution in [2.45, 2.75) is 59.7 Å². The summed E-state index contributed by atoms with van der Waals surface area (Å²) in [5.41, 5.74) is 4.62. The van der Waals surface area contributed by atoms with Gasteiger partial charge in [-0.15, -0.1) is 0 Å². The third-order valence-corrected chi connectivity index (χ3v) is 5.46. The largest absolute Gasteiger partial charge is 0.493 e. The van der Waals surface area contributed by atoms with Gasteiger partial charge >= 0.3 is 0 Å². The molecule has 2 aromatic rings. The Morgan fingerprint density at radius 2 is 1.88 bits per heavy atom. The SMILES string of the molecule is CCCOc1cc(C)ccc1CNC(=NCc1ccc(CN2CCCC2=O)cc1)NCC. The lowest BCUT2D eigenvalue weighted by Crippen LogP contribution is -2.36. The first kappa shape index (κ1) is 23.6. The molecule has 0 aromatic heterocycles. The van der Waals surface area contributed by atoms with Gasteiger partial charge in [-0.2, -0.15) is 0 Å². The zero-order chi connectivity index (χ0) is 22.8. The minimum atomic E-state index is 0.261. The highest BCUT2D eigenvalue weighted by Crippen LogP contribution is 2.20. The third-order valence-electron chi connectivity index (χ3n) is 5.46. The predicted molar refractivity (Wildman–Crippen MR) is 130 cm³/mol. The summed E-state index contributed by atoms with van der Waals surface area (Å²) in [5.74, 6) is 1.97. The molecule has 32 heavy (non-hydrogen) atoms. The van der Waals surface area contributed by atoms with E-state index >= 15 is 0 Å². The minimum absolute atomic E-state index is 0.261. The fraction of sp³-hybridized carbons (Fsp3) is 0.462. The average molecular weight is 437 g/mol. The topological polar surface area (TPSA) is 66.0 Å². The first-order chi connectivity index (χ1) is 15.6. The number of benzene rings is 2. The smallest absolute Gasteiger partial charge is 0.222 e. The normalized spacial score (nSPS) is 14.0. The third kappa shape index (κ3) is 7.01. The van der Waals surface area contributed by atoms with E-state index in [1.54, 1.807) is 0 Å². The van der Waals surface area contributed by atoms with Crippen molar-refractivity contribution in [1.29, 1.82) is 0 Å². The summed E-state index contributed by atoms with van der Waals surface area (Å²) >= 11 is 0. The molecule has 1 heterocycles. The van der Waals surface area contributed by atoms with Crippen molar-refractivity contribution in [1.82, 2.24) is 15.5 Å². The molecule has 0 radical (unpaired) electrons. The number of nitrogens with zero attached hydrogens (tertiary/aromatic N) is 2. The molecule has 172 valence electrons. The molecule has 0 atom stereocenters. The molecule has 1 fully saturated rings. The number of hydrogen-bond acceptors (Lipinski definition) is 3. The number of aliphatic imine (C=N–C) groups is 1. The molecular weight excluding hydrogens is 400 g/mol. The second kappa shape index (κ2) is 12.1. The number of amides is 1. The van der Waals surface area contributed by atoms with Gasteiger partial charge in [0, 0.05) is 38.2 Å². The Bertz CT molecular complexity index is 909. The number of likely N-dealkylation sites (tertiary alicyclic amines) is 1. The van der Waals surface area contributed by atoms with Crippen LogP contribution in [0.25, 0.3) is 0 Å². The number of hydrogen-bond donors (Lipinski definition) is 2. The number of guanidine groups is 1. The molecule has 0 unspecified atom stereocenters. The lowest BCUT2D eigenvalue weighted by atomic mass is 10.1. The molecule has 0 bridgehead atoms. The molecule has 0 spiro atoms. The summed E-state index contributed by atoms with van der Waals surface area (Å²) in [4.78, 5) is 18.5. The number of rotatable bonds is 10. The predicted octanol–water partition coefficient (Wildman–Crippen LogP) is 4.16. The number of carbonyl (C=O) groups is 1. The average Bonchev–Trinajstić information content (AvgIpc) is 3.20. The highest BCUT2D eigenvalue weighted by Gasteiger charge is 2.19. The van der Waals surface area contributed by atoms with Crippen molar-refractivity contribution in [2.24, 2.45) is 4.99 Å². The molecule has 2 N–H and O–H groups in total. The van der Waals surface area contributed by atoms with Crippen molar-refractivity contribution >= 4 is 11.9 Å². The monoisotopic (exact) mass is 436 g/mol. The Morgan fingerprint density at radius 3 is 2.56 bits per heavy atom. The lowest BCUT2D eigenvalue weighted by Gasteiger charge is -2.16. The van der Waals surface area contributed by atoms with Crippen LogP contribution in [-0.4, -0.2) is 36.5 Å². The van der Waals surface area contributed by atoms with Crippen LogP contribution >= 0.6 is 0 Å². The molecule has 6 heteroatoms. The second-order valence-electron chi connectivity index (χ2n) is 8.24. The van der Waals surface area contributed by atoms with Crippen molar-refractivity contribution in [2.75, 3.05) is 19.7 Å². The van der Waals surface area contributed by atoms with Crippen LogP contribution in [-0.2, 0) is 24.4 Å². The van der Waals surface area contributed by atoms with Crippen LogP contribution in [0.2, 0.25) is 0 Å². The van der Waals surface area contributed by atoms with Crippen LogP contribution in [0.4, 0.5) is 0 Å². The van der Waals surface area contributed by atoms with Gasteiger partial charge in [0.25, 0.3) is 0 Å². The molecule has 1 amide bonds. The Morgan fingerprint density at radius 1 is 1.09 bits per heavy atom. The van der Waals surface area contributed by atoms with Gasteiger partial charge in [0.1, 0.15) is 5.75 Å². The Hall–Kier alpha value is -3.02. The van der Waals surface area contributed by atoms with Gasteiger partial charge < -0.3 is 20.3 Å². The van der Waals surface area contributed by atoms with Crippen molar-refractivity contribution in [3.8, 4) is 5.75 Å². The first-order valence-corrected chi connectivity index (χ1v) is 11.7. The van der Waals surface area contributed by atoms with Gasteiger partial charge in [-0.3, -0.25) is 4.79 Å². The fourth-order valence-corrected chi connectivity index (χ4v) is 3.69. The van der Waals surface area contributed by atoms with Gasteiger partial charge in [-0.05, 0) is 49.4 Å². The van der Waals surface area contributed by atoms with Gasteiger partial charge in [0.2, 0.25) is 5.91 Å². The van der Waals surface area contributed by atoms with Crippen LogP contribution in [0, 0.1) is 6.92 Å². The highest BCUT2D eigenvalue weighted by molar-refractivity contribution is 5.80. The van der Waals surface area contributed by atoms with E-state index in [1.807, 2.05) is 4.90 Å². The Kier molecular flexibility index (Phi) is 8.96. The van der Waals surface area contributed by atoms with Gasteiger partial charge in [-0.25, -0.2) is 4.99 Å². The summed E-state index contributed by atoms with van der Waals surface area (Å²) < 4.78 is 5.93. The number of aryl methyl sites for hydroxylation is 1. The van der Waals surface area contributed by atoms with Crippen molar-refractivity contribution in [3.63, 3.8) is 0 Å². The number of ether oxygens (including phenoxy) is 1. The van der Waals surface area contributed by atoms with Crippen LogP contribution in [0.15, 0.2) is 47.5 Å². The van der Waals surface area contributed by atoms with Gasteiger partial charge in [-0.1, -0.05) is 43.3 Å².